The maximum atomic E-state index is 11.2. The molecule has 0 aliphatic rings. The number of nitrogens with zero attached hydrogens (tertiary/aromatic N) is 2. The summed E-state index contributed by atoms with van der Waals surface area (Å²) in [4.78, 5) is 18.9. The Bertz CT molecular complexity index is 288. The van der Waals surface area contributed by atoms with Crippen LogP contribution in [0.4, 0.5) is 0 Å². The van der Waals surface area contributed by atoms with Gasteiger partial charge in [-0.3, -0.25) is 4.79 Å². The molecule has 12 heavy (non-hydrogen) atoms. The summed E-state index contributed by atoms with van der Waals surface area (Å²) in [5, 5.41) is 0.295. The second-order valence-corrected chi connectivity index (χ2v) is 3.13. The highest BCUT2D eigenvalue weighted by Crippen LogP contribution is 2.17. The average molecular weight is 208 g/mol. The van der Waals surface area contributed by atoms with Crippen molar-refractivity contribution < 1.29 is 4.79 Å². The molecule has 0 aromatic carbocycles. The Kier molecular flexibility index (Phi) is 2.59. The second kappa shape index (κ2) is 3.33. The topological polar surface area (TPSA) is 49.0 Å². The largest absolute Gasteiger partial charge is 0.342 e. The number of H-pyrrole nitrogens is 1. The van der Waals surface area contributed by atoms with Gasteiger partial charge < -0.3 is 9.88 Å². The molecule has 1 rings (SSSR count). The van der Waals surface area contributed by atoms with E-state index in [0.29, 0.717) is 0 Å². The number of aromatic nitrogens is 2. The first-order chi connectivity index (χ1) is 5.52. The second-order valence-electron chi connectivity index (χ2n) is 2.39. The summed E-state index contributed by atoms with van der Waals surface area (Å²) >= 11 is 11.1. The minimum atomic E-state index is -0.260. The molecule has 0 radical (unpaired) electrons. The van der Waals surface area contributed by atoms with Crippen LogP contribution in [-0.4, -0.2) is 34.9 Å². The van der Waals surface area contributed by atoms with Crippen molar-refractivity contribution >= 4 is 29.1 Å². The zero-order valence-corrected chi connectivity index (χ0v) is 8.07. The van der Waals surface area contributed by atoms with Gasteiger partial charge in [-0.15, -0.1) is 0 Å². The van der Waals surface area contributed by atoms with Crippen LogP contribution in [0.5, 0.6) is 0 Å². The van der Waals surface area contributed by atoms with Crippen LogP contribution in [0.1, 0.15) is 10.6 Å². The molecule has 0 fully saturated rings. The molecule has 1 heterocycles. The van der Waals surface area contributed by atoms with Crippen molar-refractivity contribution in [1.29, 1.82) is 0 Å². The van der Waals surface area contributed by atoms with E-state index < -0.39 is 0 Å². The first-order valence-corrected chi connectivity index (χ1v) is 3.90. The Balaban J connectivity index is 2.97. The Morgan fingerprint density at radius 2 is 2.08 bits per heavy atom. The molecule has 0 aliphatic heterocycles. The number of carbonyl (C=O) groups excluding carboxylic acids is 1. The summed E-state index contributed by atoms with van der Waals surface area (Å²) in [6.45, 7) is 0. The van der Waals surface area contributed by atoms with Crippen LogP contribution in [0.3, 0.4) is 0 Å². The van der Waals surface area contributed by atoms with E-state index in [9.17, 15) is 4.79 Å². The number of halogens is 2. The van der Waals surface area contributed by atoms with Gasteiger partial charge in [0.15, 0.2) is 11.0 Å². The van der Waals surface area contributed by atoms with E-state index in [1.807, 2.05) is 0 Å². The number of hydrogen-bond acceptors (Lipinski definition) is 2. The molecular formula is C6H7Cl2N3O. The molecule has 1 aromatic heterocycles. The van der Waals surface area contributed by atoms with Crippen LogP contribution in [0, 0.1) is 0 Å². The molecule has 1 amide bonds. The van der Waals surface area contributed by atoms with E-state index >= 15 is 0 Å². The number of imidazole rings is 1. The molecule has 0 bridgehead atoms. The molecular weight excluding hydrogens is 201 g/mol. The van der Waals surface area contributed by atoms with Crippen LogP contribution < -0.4 is 0 Å². The lowest BCUT2D eigenvalue weighted by Crippen LogP contribution is -2.22. The van der Waals surface area contributed by atoms with E-state index in [4.69, 9.17) is 23.2 Å². The van der Waals surface area contributed by atoms with Gasteiger partial charge in [0.2, 0.25) is 0 Å². The van der Waals surface area contributed by atoms with Gasteiger partial charge in [0.1, 0.15) is 5.15 Å². The Hall–Kier alpha value is -0.740. The molecule has 0 unspecified atom stereocenters. The van der Waals surface area contributed by atoms with Gasteiger partial charge in [-0.25, -0.2) is 4.98 Å². The first kappa shape index (κ1) is 9.35. The van der Waals surface area contributed by atoms with Gasteiger partial charge in [-0.1, -0.05) is 23.2 Å². The molecule has 66 valence electrons. The number of rotatable bonds is 1. The van der Waals surface area contributed by atoms with Crippen molar-refractivity contribution in [2.75, 3.05) is 14.1 Å². The van der Waals surface area contributed by atoms with Crippen molar-refractivity contribution in [3.8, 4) is 0 Å². The van der Waals surface area contributed by atoms with E-state index in [2.05, 4.69) is 9.97 Å². The first-order valence-electron chi connectivity index (χ1n) is 3.15. The highest BCUT2D eigenvalue weighted by molar-refractivity contribution is 6.40. The molecule has 0 aliphatic carbocycles. The van der Waals surface area contributed by atoms with Gasteiger partial charge in [-0.05, 0) is 0 Å². The van der Waals surface area contributed by atoms with Crippen molar-refractivity contribution in [3.63, 3.8) is 0 Å². The molecule has 0 spiro atoms. The van der Waals surface area contributed by atoms with E-state index in [1.54, 1.807) is 14.1 Å². The SMILES string of the molecule is CN(C)C(=O)c1nc(Cl)c(Cl)[nH]1. The van der Waals surface area contributed by atoms with Crippen molar-refractivity contribution in [2.45, 2.75) is 0 Å². The normalized spacial score (nSPS) is 10.0. The number of amides is 1. The fourth-order valence-corrected chi connectivity index (χ4v) is 0.907. The molecule has 6 heteroatoms. The van der Waals surface area contributed by atoms with Crippen LogP contribution >= 0.6 is 23.2 Å². The standard InChI is InChI=1S/C6H7Cl2N3O/c1-11(2)6(12)5-9-3(7)4(8)10-5/h1-2H3,(H,9,10). The summed E-state index contributed by atoms with van der Waals surface area (Å²) in [5.41, 5.74) is 0. The van der Waals surface area contributed by atoms with E-state index in [1.165, 1.54) is 4.90 Å². The van der Waals surface area contributed by atoms with Crippen LogP contribution in [0.15, 0.2) is 0 Å². The Morgan fingerprint density at radius 1 is 1.50 bits per heavy atom. The fraction of sp³-hybridized carbons (Fsp3) is 0.333. The number of carbonyl (C=O) groups is 1. The zero-order chi connectivity index (χ0) is 9.30. The zero-order valence-electron chi connectivity index (χ0n) is 6.56. The number of hydrogen-bond donors (Lipinski definition) is 1. The molecule has 4 nitrogen and oxygen atoms in total. The van der Waals surface area contributed by atoms with Crippen LogP contribution in [-0.2, 0) is 0 Å². The third-order valence-electron chi connectivity index (χ3n) is 1.23. The molecule has 1 aromatic rings. The smallest absolute Gasteiger partial charge is 0.289 e. The quantitative estimate of drug-likeness (QED) is 0.758. The summed E-state index contributed by atoms with van der Waals surface area (Å²) in [6.07, 6.45) is 0. The predicted molar refractivity (Wildman–Crippen MR) is 46.6 cm³/mol. The minimum Gasteiger partial charge on any atom is -0.342 e. The minimum absolute atomic E-state index is 0.113. The third-order valence-corrected chi connectivity index (χ3v) is 1.87. The van der Waals surface area contributed by atoms with Crippen molar-refractivity contribution in [2.24, 2.45) is 0 Å². The summed E-state index contributed by atoms with van der Waals surface area (Å²) in [7, 11) is 3.24. The molecule has 0 saturated carbocycles. The highest BCUT2D eigenvalue weighted by atomic mass is 35.5. The van der Waals surface area contributed by atoms with Gasteiger partial charge in [0.25, 0.3) is 5.91 Å². The number of aromatic amines is 1. The van der Waals surface area contributed by atoms with Crippen LogP contribution in [0.25, 0.3) is 0 Å². The van der Waals surface area contributed by atoms with Crippen molar-refractivity contribution in [3.05, 3.63) is 16.1 Å². The average Bonchev–Trinajstić information content (AvgIpc) is 2.30. The maximum Gasteiger partial charge on any atom is 0.289 e. The van der Waals surface area contributed by atoms with Gasteiger partial charge in [0.05, 0.1) is 0 Å². The third kappa shape index (κ3) is 1.70. The van der Waals surface area contributed by atoms with E-state index in [0.717, 1.165) is 0 Å². The Labute approximate surface area is 79.5 Å². The van der Waals surface area contributed by atoms with Gasteiger partial charge >= 0.3 is 0 Å². The highest BCUT2D eigenvalue weighted by Gasteiger charge is 2.14. The Morgan fingerprint density at radius 3 is 2.42 bits per heavy atom. The summed E-state index contributed by atoms with van der Waals surface area (Å²) < 4.78 is 0. The molecule has 1 N–H and O–H groups in total. The van der Waals surface area contributed by atoms with E-state index in [-0.39, 0.29) is 22.0 Å². The predicted octanol–water partition coefficient (Wildman–Crippen LogP) is 1.42. The molecule has 0 saturated heterocycles. The van der Waals surface area contributed by atoms with Gasteiger partial charge in [0, 0.05) is 14.1 Å². The lowest BCUT2D eigenvalue weighted by molar-refractivity contribution is 0.0817. The maximum absolute atomic E-state index is 11.2. The van der Waals surface area contributed by atoms with Crippen molar-refractivity contribution in [1.82, 2.24) is 14.9 Å². The van der Waals surface area contributed by atoms with Gasteiger partial charge in [-0.2, -0.15) is 0 Å². The van der Waals surface area contributed by atoms with Crippen LogP contribution in [0.2, 0.25) is 10.3 Å². The summed E-state index contributed by atoms with van der Waals surface area (Å²) in [5.74, 6) is -0.112. The monoisotopic (exact) mass is 207 g/mol. The lowest BCUT2D eigenvalue weighted by Gasteiger charge is -2.06. The number of nitrogens with one attached hydrogen (secondary N) is 1. The fourth-order valence-electron chi connectivity index (χ4n) is 0.644. The summed E-state index contributed by atoms with van der Waals surface area (Å²) in [6, 6.07) is 0. The molecule has 0 atom stereocenters. The lowest BCUT2D eigenvalue weighted by atomic mass is 10.5.